The van der Waals surface area contributed by atoms with E-state index < -0.39 is 0 Å². The van der Waals surface area contributed by atoms with E-state index in [1.54, 1.807) is 0 Å². The van der Waals surface area contributed by atoms with Crippen molar-refractivity contribution in [3.63, 3.8) is 0 Å². The Morgan fingerprint density at radius 2 is 0.725 bits per heavy atom. The van der Waals surface area contributed by atoms with E-state index in [0.29, 0.717) is 0 Å². The Hall–Kier alpha value is -5.62. The maximum atomic E-state index is 5.11. The first-order valence-corrected chi connectivity index (χ1v) is 13.3. The first-order chi connectivity index (χ1) is 19.8. The fourth-order valence-corrected chi connectivity index (χ4v) is 5.85. The molecular weight excluding hydrogens is 492 g/mol. The monoisotopic (exact) mass is 512 g/mol. The van der Waals surface area contributed by atoms with Gasteiger partial charge in [-0.05, 0) is 48.5 Å². The number of benzene rings is 5. The fraction of sp³-hybridized carbons (Fsp3) is 0. The Morgan fingerprint density at radius 1 is 0.350 bits per heavy atom. The van der Waals surface area contributed by atoms with Crippen molar-refractivity contribution < 1.29 is 0 Å². The number of hydrogen-bond donors (Lipinski definition) is 0. The summed E-state index contributed by atoms with van der Waals surface area (Å²) in [6, 6.07) is 41.3. The highest BCUT2D eigenvalue weighted by molar-refractivity contribution is 5.99. The maximum absolute atomic E-state index is 5.11. The topological polar surface area (TPSA) is 60.4 Å². The first kappa shape index (κ1) is 21.3. The van der Waals surface area contributed by atoms with Crippen LogP contribution in [0.1, 0.15) is 0 Å². The van der Waals surface area contributed by atoms with Crippen molar-refractivity contribution in [1.29, 1.82) is 0 Å². The van der Waals surface area contributed by atoms with Crippen molar-refractivity contribution in [1.82, 2.24) is 28.7 Å². The average Bonchev–Trinajstić information content (AvgIpc) is 3.60. The third-order valence-electron chi connectivity index (χ3n) is 7.69. The van der Waals surface area contributed by atoms with Gasteiger partial charge in [0.1, 0.15) is 22.9 Å². The molecule has 0 saturated heterocycles. The van der Waals surface area contributed by atoms with Crippen molar-refractivity contribution in [3.8, 4) is 22.8 Å². The lowest BCUT2D eigenvalue weighted by atomic mass is 10.1. The highest BCUT2D eigenvalue weighted by Gasteiger charge is 2.17. The number of hydrogen-bond acceptors (Lipinski definition) is 4. The van der Waals surface area contributed by atoms with Crippen molar-refractivity contribution in [3.05, 3.63) is 121 Å². The molecule has 0 unspecified atom stereocenters. The number of rotatable bonds is 2. The van der Waals surface area contributed by atoms with E-state index in [4.69, 9.17) is 19.9 Å². The second kappa shape index (κ2) is 7.94. The van der Waals surface area contributed by atoms with Crippen LogP contribution in [0.2, 0.25) is 0 Å². The fourth-order valence-electron chi connectivity index (χ4n) is 5.85. The molecule has 0 bridgehead atoms. The predicted molar refractivity (Wildman–Crippen MR) is 160 cm³/mol. The van der Waals surface area contributed by atoms with Crippen LogP contribution in [0.4, 0.5) is 0 Å². The molecule has 40 heavy (non-hydrogen) atoms. The van der Waals surface area contributed by atoms with E-state index in [1.165, 1.54) is 0 Å². The van der Waals surface area contributed by atoms with E-state index in [2.05, 4.69) is 69.5 Å². The Labute approximate surface area is 227 Å². The molecule has 0 aliphatic carbocycles. The van der Waals surface area contributed by atoms with Crippen LogP contribution in [0.25, 0.3) is 77.9 Å². The summed E-state index contributed by atoms with van der Waals surface area (Å²) < 4.78 is 4.34. The quantitative estimate of drug-likeness (QED) is 0.238. The van der Waals surface area contributed by atoms with E-state index in [9.17, 15) is 0 Å². The average molecular weight is 513 g/mol. The molecule has 5 aromatic carbocycles. The summed E-state index contributed by atoms with van der Waals surface area (Å²) in [6.07, 6.45) is 0. The minimum Gasteiger partial charge on any atom is -0.276 e. The third kappa shape index (κ3) is 2.93. The Bertz CT molecular complexity index is 2260. The maximum Gasteiger partial charge on any atom is 0.149 e. The summed E-state index contributed by atoms with van der Waals surface area (Å²) in [5.41, 5.74) is 9.67. The number of imidazole rings is 2. The molecule has 0 fully saturated rings. The highest BCUT2D eigenvalue weighted by Crippen LogP contribution is 2.33. The van der Waals surface area contributed by atoms with Crippen LogP contribution < -0.4 is 0 Å². The summed E-state index contributed by atoms with van der Waals surface area (Å²) in [7, 11) is 0. The number of aromatic nitrogens is 6. The van der Waals surface area contributed by atoms with Crippen molar-refractivity contribution in [2.24, 2.45) is 0 Å². The molecule has 0 N–H and O–H groups in total. The molecule has 0 aliphatic rings. The van der Waals surface area contributed by atoms with Gasteiger partial charge in [0, 0.05) is 21.9 Å². The van der Waals surface area contributed by atoms with Gasteiger partial charge in [0.15, 0.2) is 0 Å². The molecule has 4 heterocycles. The normalized spacial score (nSPS) is 12.0. The Morgan fingerprint density at radius 3 is 1.18 bits per heavy atom. The Kier molecular flexibility index (Phi) is 4.24. The van der Waals surface area contributed by atoms with Gasteiger partial charge in [0.2, 0.25) is 0 Å². The molecule has 0 aliphatic heterocycles. The number of nitrogens with zero attached hydrogens (tertiary/aromatic N) is 6. The summed E-state index contributed by atoms with van der Waals surface area (Å²) >= 11 is 0. The summed E-state index contributed by atoms with van der Waals surface area (Å²) in [6.45, 7) is 0. The van der Waals surface area contributed by atoms with Gasteiger partial charge in [-0.25, -0.2) is 19.9 Å². The van der Waals surface area contributed by atoms with Gasteiger partial charge in [-0.1, -0.05) is 72.8 Å². The molecule has 186 valence electrons. The van der Waals surface area contributed by atoms with E-state index in [-0.39, 0.29) is 0 Å². The van der Waals surface area contributed by atoms with Crippen molar-refractivity contribution >= 4 is 55.2 Å². The van der Waals surface area contributed by atoms with E-state index in [0.717, 1.165) is 77.9 Å². The molecule has 0 spiro atoms. The SMILES string of the molecule is c1ccc2c(c1)nc(-c1ccc(-c3nc4ccccc4c4nc5ccccc5n34)cc1)n1c3ccccc3nc21. The van der Waals surface area contributed by atoms with E-state index in [1.807, 2.05) is 60.7 Å². The Balaban J connectivity index is 1.30. The van der Waals surface area contributed by atoms with Gasteiger partial charge in [-0.3, -0.25) is 8.80 Å². The summed E-state index contributed by atoms with van der Waals surface area (Å²) in [5.74, 6) is 1.72. The molecule has 0 radical (unpaired) electrons. The first-order valence-electron chi connectivity index (χ1n) is 13.3. The van der Waals surface area contributed by atoms with Crippen molar-refractivity contribution in [2.75, 3.05) is 0 Å². The van der Waals surface area contributed by atoms with Gasteiger partial charge in [0.05, 0.1) is 33.1 Å². The molecule has 6 nitrogen and oxygen atoms in total. The van der Waals surface area contributed by atoms with Crippen LogP contribution in [-0.2, 0) is 0 Å². The van der Waals surface area contributed by atoms with Gasteiger partial charge in [-0.15, -0.1) is 0 Å². The third-order valence-corrected chi connectivity index (χ3v) is 7.69. The van der Waals surface area contributed by atoms with Crippen LogP contribution in [0, 0.1) is 0 Å². The van der Waals surface area contributed by atoms with Gasteiger partial charge in [-0.2, -0.15) is 0 Å². The second-order valence-corrected chi connectivity index (χ2v) is 10.0. The minimum atomic E-state index is 0.860. The molecule has 0 amide bonds. The molecule has 0 atom stereocenters. The second-order valence-electron chi connectivity index (χ2n) is 10.0. The van der Waals surface area contributed by atoms with Crippen LogP contribution in [0.3, 0.4) is 0 Å². The molecule has 4 aromatic heterocycles. The van der Waals surface area contributed by atoms with Crippen LogP contribution in [-0.4, -0.2) is 28.7 Å². The molecule has 9 rings (SSSR count). The van der Waals surface area contributed by atoms with E-state index >= 15 is 0 Å². The number of fused-ring (bicyclic) bond motifs is 10. The predicted octanol–water partition coefficient (Wildman–Crippen LogP) is 7.72. The lowest BCUT2D eigenvalue weighted by Crippen LogP contribution is -1.99. The molecule has 6 heteroatoms. The van der Waals surface area contributed by atoms with Gasteiger partial charge < -0.3 is 0 Å². The van der Waals surface area contributed by atoms with Crippen LogP contribution in [0.15, 0.2) is 121 Å². The smallest absolute Gasteiger partial charge is 0.149 e. The molecular formula is C34H20N6. The van der Waals surface area contributed by atoms with Crippen molar-refractivity contribution in [2.45, 2.75) is 0 Å². The zero-order valence-electron chi connectivity index (χ0n) is 21.2. The lowest BCUT2D eigenvalue weighted by Gasteiger charge is -2.11. The lowest BCUT2D eigenvalue weighted by molar-refractivity contribution is 1.15. The largest absolute Gasteiger partial charge is 0.276 e. The standard InChI is InChI=1S/C34H20N6/c1-3-11-25-23(9-1)33-37-27-13-5-7-15-29(27)39(33)31(35-25)21-17-19-22(20-18-21)32-36-26-12-4-2-10-24(26)34-38-28-14-6-8-16-30(28)40(32)34/h1-20H. The summed E-state index contributed by atoms with van der Waals surface area (Å²) in [5, 5.41) is 2.07. The highest BCUT2D eigenvalue weighted by atomic mass is 15.1. The minimum absolute atomic E-state index is 0.860. The zero-order chi connectivity index (χ0) is 26.2. The summed E-state index contributed by atoms with van der Waals surface area (Å²) in [4.78, 5) is 20.2. The zero-order valence-corrected chi connectivity index (χ0v) is 21.2. The molecule has 0 saturated carbocycles. The van der Waals surface area contributed by atoms with Crippen LogP contribution >= 0.6 is 0 Å². The molecule has 9 aromatic rings. The van der Waals surface area contributed by atoms with Gasteiger partial charge >= 0.3 is 0 Å². The van der Waals surface area contributed by atoms with Gasteiger partial charge in [0.25, 0.3) is 0 Å². The number of para-hydroxylation sites is 6. The van der Waals surface area contributed by atoms with Crippen LogP contribution in [0.5, 0.6) is 0 Å².